The molecule has 6 aromatic rings. The van der Waals surface area contributed by atoms with E-state index in [4.69, 9.17) is 19.4 Å². The highest BCUT2D eigenvalue weighted by Crippen LogP contribution is 2.38. The summed E-state index contributed by atoms with van der Waals surface area (Å²) in [5.74, 6) is -0.833. The van der Waals surface area contributed by atoms with Gasteiger partial charge in [-0.15, -0.1) is 0 Å². The summed E-state index contributed by atoms with van der Waals surface area (Å²) in [7, 11) is -1.58. The number of aryl methyl sites for hydroxylation is 1. The normalized spacial score (nSPS) is 13.5. The molecule has 0 radical (unpaired) electrons. The number of para-hydroxylation sites is 1. The molecule has 3 aromatic carbocycles. The number of halogens is 2. The molecule has 3 aromatic heterocycles. The summed E-state index contributed by atoms with van der Waals surface area (Å²) in [6.45, 7) is 6.06. The third kappa shape index (κ3) is 8.68. The van der Waals surface area contributed by atoms with Crippen LogP contribution in [0.1, 0.15) is 42.1 Å². The lowest BCUT2D eigenvalue weighted by atomic mass is 9.93. The van der Waals surface area contributed by atoms with Gasteiger partial charge in [0.05, 0.1) is 47.8 Å². The Labute approximate surface area is 329 Å². The van der Waals surface area contributed by atoms with Gasteiger partial charge in [-0.3, -0.25) is 9.20 Å². The molecule has 1 fully saturated rings. The van der Waals surface area contributed by atoms with Crippen LogP contribution in [0.4, 0.5) is 31.8 Å². The van der Waals surface area contributed by atoms with Gasteiger partial charge in [0.1, 0.15) is 44.3 Å². The number of pyridine rings is 1. The highest BCUT2D eigenvalue weighted by Gasteiger charge is 2.25. The van der Waals surface area contributed by atoms with Crippen LogP contribution in [0, 0.1) is 24.5 Å². The predicted octanol–water partition coefficient (Wildman–Crippen LogP) is 8.10. The lowest BCUT2D eigenvalue weighted by Crippen LogP contribution is -2.34. The van der Waals surface area contributed by atoms with E-state index in [1.165, 1.54) is 19.4 Å². The van der Waals surface area contributed by atoms with Gasteiger partial charge in [0, 0.05) is 49.1 Å². The van der Waals surface area contributed by atoms with Crippen LogP contribution in [-0.2, 0) is 9.84 Å². The largest absolute Gasteiger partial charge is 0.496 e. The van der Waals surface area contributed by atoms with Crippen molar-refractivity contribution in [3.05, 3.63) is 108 Å². The molecule has 1 aliphatic rings. The Hall–Kier alpha value is -6.09. The SMILES string of the molecule is CCOc1cc(N2CCC(CCS(C)(=O)=O)CC2)c(C)cc1Nc1nccc(-c2c(-c3ccc(OC)c(C(=O)Nc4c(F)cccc4F)c3)nc3ccccn23)n1. The van der Waals surface area contributed by atoms with Crippen LogP contribution in [0.25, 0.3) is 28.3 Å². The molecule has 1 saturated heterocycles. The number of benzene rings is 3. The van der Waals surface area contributed by atoms with Gasteiger partial charge in [0.15, 0.2) is 0 Å². The Balaban J connectivity index is 1.19. The molecule has 0 saturated carbocycles. The number of carbonyl (C=O) groups is 1. The second kappa shape index (κ2) is 16.6. The number of fused-ring (bicyclic) bond motifs is 1. The second-order valence-electron chi connectivity index (χ2n) is 14.0. The number of anilines is 4. The molecule has 7 rings (SSSR count). The smallest absolute Gasteiger partial charge is 0.259 e. The Bertz CT molecular complexity index is 2540. The van der Waals surface area contributed by atoms with Gasteiger partial charge < -0.3 is 25.0 Å². The lowest BCUT2D eigenvalue weighted by Gasteiger charge is -2.35. The zero-order chi connectivity index (χ0) is 40.3. The van der Waals surface area contributed by atoms with Gasteiger partial charge in [0.2, 0.25) is 5.95 Å². The summed E-state index contributed by atoms with van der Waals surface area (Å²) in [5.41, 5.74) is 5.06. The summed E-state index contributed by atoms with van der Waals surface area (Å²) < 4.78 is 65.8. The van der Waals surface area contributed by atoms with Crippen LogP contribution in [0.15, 0.2) is 85.2 Å². The number of rotatable bonds is 13. The maximum absolute atomic E-state index is 14.5. The second-order valence-corrected chi connectivity index (χ2v) is 16.3. The zero-order valence-electron chi connectivity index (χ0n) is 32.1. The third-order valence-corrected chi connectivity index (χ3v) is 11.0. The number of hydrogen-bond acceptors (Lipinski definition) is 10. The Morgan fingerprint density at radius 1 is 0.965 bits per heavy atom. The van der Waals surface area contributed by atoms with E-state index in [1.807, 2.05) is 54.8 Å². The lowest BCUT2D eigenvalue weighted by molar-refractivity contribution is 0.102. The Morgan fingerprint density at radius 2 is 1.74 bits per heavy atom. The molecule has 0 spiro atoms. The van der Waals surface area contributed by atoms with Crippen molar-refractivity contribution in [1.29, 1.82) is 0 Å². The van der Waals surface area contributed by atoms with Gasteiger partial charge in [-0.25, -0.2) is 32.2 Å². The summed E-state index contributed by atoms with van der Waals surface area (Å²) in [4.78, 5) is 30.2. The van der Waals surface area contributed by atoms with Gasteiger partial charge in [-0.1, -0.05) is 12.1 Å². The molecule has 1 aliphatic heterocycles. The van der Waals surface area contributed by atoms with Crippen molar-refractivity contribution in [2.45, 2.75) is 33.1 Å². The molecule has 0 unspecified atom stereocenters. The average molecular weight is 796 g/mol. The number of ether oxygens (including phenoxy) is 2. The quantitative estimate of drug-likeness (QED) is 0.118. The van der Waals surface area contributed by atoms with E-state index in [-0.39, 0.29) is 17.1 Å². The summed E-state index contributed by atoms with van der Waals surface area (Å²) in [6.07, 6.45) is 7.32. The fourth-order valence-corrected chi connectivity index (χ4v) is 7.94. The first-order chi connectivity index (χ1) is 27.4. The van der Waals surface area contributed by atoms with Crippen molar-refractivity contribution in [2.24, 2.45) is 5.92 Å². The van der Waals surface area contributed by atoms with Gasteiger partial charge in [-0.2, -0.15) is 0 Å². The number of sulfone groups is 1. The minimum absolute atomic E-state index is 0.0456. The third-order valence-electron chi connectivity index (χ3n) is 10.0. The number of carbonyl (C=O) groups excluding carboxylic acids is 1. The molecule has 0 atom stereocenters. The number of methoxy groups -OCH3 is 1. The fourth-order valence-electron chi connectivity index (χ4n) is 7.18. The summed E-state index contributed by atoms with van der Waals surface area (Å²) >= 11 is 0. The fraction of sp³-hybridized carbons (Fsp3) is 0.286. The van der Waals surface area contributed by atoms with Crippen LogP contribution < -0.4 is 25.0 Å². The molecule has 296 valence electrons. The first-order valence-electron chi connectivity index (χ1n) is 18.6. The van der Waals surface area contributed by atoms with Gasteiger partial charge in [-0.05, 0) is 99.2 Å². The first kappa shape index (κ1) is 39.2. The van der Waals surface area contributed by atoms with E-state index in [0.29, 0.717) is 64.6 Å². The average Bonchev–Trinajstić information content (AvgIpc) is 3.59. The molecule has 12 nitrogen and oxygen atoms in total. The van der Waals surface area contributed by atoms with Crippen molar-refractivity contribution >= 4 is 44.4 Å². The number of nitrogens with one attached hydrogen (secondary N) is 2. The topological polar surface area (TPSA) is 140 Å². The van der Waals surface area contributed by atoms with Crippen molar-refractivity contribution in [3.63, 3.8) is 0 Å². The molecular formula is C42H43F2N7O5S. The van der Waals surface area contributed by atoms with Crippen LogP contribution in [0.3, 0.4) is 0 Å². The minimum Gasteiger partial charge on any atom is -0.496 e. The number of aromatic nitrogens is 4. The number of hydrogen-bond donors (Lipinski definition) is 2. The number of amides is 1. The van der Waals surface area contributed by atoms with Crippen molar-refractivity contribution in [3.8, 4) is 34.1 Å². The summed E-state index contributed by atoms with van der Waals surface area (Å²) in [6, 6.07) is 19.7. The number of piperidine rings is 1. The van der Waals surface area contributed by atoms with Gasteiger partial charge in [0.25, 0.3) is 5.91 Å². The van der Waals surface area contributed by atoms with E-state index in [2.05, 4.69) is 20.5 Å². The number of imidazole rings is 1. The molecule has 2 N–H and O–H groups in total. The van der Waals surface area contributed by atoms with E-state index in [9.17, 15) is 22.0 Å². The standard InChI is InChI=1S/C42H43F2N7O5S/c1-5-56-36-25-34(50-20-15-27(16-21-50)17-22-57(4,53)54)26(2)23-33(36)47-42-45-18-14-32(46-42)40-38(48-37-11-6-7-19-51(37)40)28-12-13-35(55-3)29(24-28)41(52)49-39-30(43)9-8-10-31(39)44/h6-14,18-19,23-25,27H,5,15-17,20-22H2,1-4H3,(H,49,52)(H,45,46,47). The van der Waals surface area contributed by atoms with Crippen LogP contribution in [0.5, 0.6) is 11.5 Å². The van der Waals surface area contributed by atoms with E-state index in [1.54, 1.807) is 30.5 Å². The van der Waals surface area contributed by atoms with E-state index >= 15 is 0 Å². The van der Waals surface area contributed by atoms with E-state index < -0.39 is 33.1 Å². The Kier molecular flexibility index (Phi) is 11.4. The monoisotopic (exact) mass is 795 g/mol. The molecule has 1 amide bonds. The van der Waals surface area contributed by atoms with Crippen LogP contribution in [0.2, 0.25) is 0 Å². The highest BCUT2D eigenvalue weighted by molar-refractivity contribution is 7.90. The molecule has 15 heteroatoms. The highest BCUT2D eigenvalue weighted by atomic mass is 32.2. The zero-order valence-corrected chi connectivity index (χ0v) is 32.9. The first-order valence-corrected chi connectivity index (χ1v) is 20.7. The van der Waals surface area contributed by atoms with Gasteiger partial charge >= 0.3 is 0 Å². The molecule has 0 bridgehead atoms. The van der Waals surface area contributed by atoms with E-state index in [0.717, 1.165) is 49.3 Å². The van der Waals surface area contributed by atoms with Crippen molar-refractivity contribution < 1.29 is 31.5 Å². The van der Waals surface area contributed by atoms with Crippen molar-refractivity contribution in [2.75, 3.05) is 54.3 Å². The van der Waals surface area contributed by atoms with Crippen molar-refractivity contribution in [1.82, 2.24) is 19.4 Å². The predicted molar refractivity (Wildman–Crippen MR) is 217 cm³/mol. The maximum Gasteiger partial charge on any atom is 0.259 e. The Morgan fingerprint density at radius 3 is 2.46 bits per heavy atom. The molecule has 57 heavy (non-hydrogen) atoms. The minimum atomic E-state index is -2.99. The summed E-state index contributed by atoms with van der Waals surface area (Å²) in [5, 5.41) is 5.71. The molecular weight excluding hydrogens is 753 g/mol. The maximum atomic E-state index is 14.5. The van der Waals surface area contributed by atoms with Crippen LogP contribution in [-0.4, -0.2) is 72.5 Å². The number of nitrogens with zero attached hydrogens (tertiary/aromatic N) is 5. The molecule has 0 aliphatic carbocycles. The molecule has 4 heterocycles. The van der Waals surface area contributed by atoms with Crippen LogP contribution >= 0.6 is 0 Å².